The van der Waals surface area contributed by atoms with E-state index in [-0.39, 0.29) is 6.61 Å². The van der Waals surface area contributed by atoms with Crippen molar-refractivity contribution in [2.75, 3.05) is 6.61 Å². The Morgan fingerprint density at radius 3 is 2.33 bits per heavy atom. The molecule has 0 rings (SSSR count). The topological polar surface area (TPSA) is 20.2 Å². The van der Waals surface area contributed by atoms with Crippen molar-refractivity contribution in [2.24, 2.45) is 17.8 Å². The Hall–Kier alpha value is -0.560. The average Bonchev–Trinajstić information content (AvgIpc) is 2.28. The molecule has 0 amide bonds. The molecule has 0 aliphatic heterocycles. The molecule has 0 spiro atoms. The van der Waals surface area contributed by atoms with Crippen LogP contribution >= 0.6 is 0 Å². The van der Waals surface area contributed by atoms with Crippen molar-refractivity contribution in [1.29, 1.82) is 0 Å². The maximum atomic E-state index is 8.89. The van der Waals surface area contributed by atoms with Crippen molar-refractivity contribution in [3.05, 3.63) is 23.8 Å². The largest absolute Gasteiger partial charge is 0.392 e. The second-order valence-electron chi connectivity index (χ2n) is 6.20. The molecule has 1 heteroatoms. The Morgan fingerprint density at radius 1 is 1.11 bits per heavy atom. The predicted octanol–water partition coefficient (Wildman–Crippen LogP) is 4.97. The zero-order valence-corrected chi connectivity index (χ0v) is 12.9. The highest BCUT2D eigenvalue weighted by Gasteiger charge is 2.06. The summed E-state index contributed by atoms with van der Waals surface area (Å²) in [5.41, 5.74) is 1.02. The monoisotopic (exact) mass is 252 g/mol. The minimum absolute atomic E-state index is 0.157. The third kappa shape index (κ3) is 10.6. The number of hydrogen-bond donors (Lipinski definition) is 1. The fourth-order valence-corrected chi connectivity index (χ4v) is 2.17. The highest BCUT2D eigenvalue weighted by Crippen LogP contribution is 2.20. The zero-order chi connectivity index (χ0) is 14.0. The van der Waals surface area contributed by atoms with Crippen LogP contribution in [-0.4, -0.2) is 11.7 Å². The number of hydrogen-bond acceptors (Lipinski definition) is 1. The molecule has 0 fully saturated rings. The molecule has 0 aromatic carbocycles. The molecule has 0 saturated heterocycles. The normalized spacial score (nSPS) is 16.5. The second-order valence-corrected chi connectivity index (χ2v) is 6.20. The summed E-state index contributed by atoms with van der Waals surface area (Å²) < 4.78 is 0. The van der Waals surface area contributed by atoms with Crippen molar-refractivity contribution in [3.8, 4) is 0 Å². The summed E-state index contributed by atoms with van der Waals surface area (Å²) >= 11 is 0. The van der Waals surface area contributed by atoms with Crippen LogP contribution in [0.1, 0.15) is 60.3 Å². The van der Waals surface area contributed by atoms with Crippen LogP contribution in [0.4, 0.5) is 0 Å². The fraction of sp³-hybridized carbons (Fsp3) is 0.765. The van der Waals surface area contributed by atoms with Crippen LogP contribution in [0.25, 0.3) is 0 Å². The van der Waals surface area contributed by atoms with E-state index >= 15 is 0 Å². The summed E-state index contributed by atoms with van der Waals surface area (Å²) in [6.45, 7) is 11.3. The molecule has 1 nitrogen and oxygen atoms in total. The Morgan fingerprint density at radius 2 is 1.78 bits per heavy atom. The van der Waals surface area contributed by atoms with Crippen LogP contribution in [0.3, 0.4) is 0 Å². The molecule has 1 N–H and O–H groups in total. The minimum atomic E-state index is 0.157. The van der Waals surface area contributed by atoms with Crippen LogP contribution in [0.2, 0.25) is 0 Å². The third-order valence-electron chi connectivity index (χ3n) is 3.32. The molecule has 0 bridgehead atoms. The number of rotatable bonds is 9. The molecule has 0 aliphatic rings. The van der Waals surface area contributed by atoms with E-state index < -0.39 is 0 Å². The fourth-order valence-electron chi connectivity index (χ4n) is 2.17. The quantitative estimate of drug-likeness (QED) is 0.574. The van der Waals surface area contributed by atoms with E-state index in [0.29, 0.717) is 5.92 Å². The molecule has 0 aliphatic carbocycles. The van der Waals surface area contributed by atoms with Crippen LogP contribution in [0, 0.1) is 17.8 Å². The van der Waals surface area contributed by atoms with E-state index in [4.69, 9.17) is 5.11 Å². The number of allylic oxidation sites excluding steroid dienone is 3. The van der Waals surface area contributed by atoms with Crippen molar-refractivity contribution in [3.63, 3.8) is 0 Å². The lowest BCUT2D eigenvalue weighted by Gasteiger charge is -2.15. The molecule has 106 valence electrons. The van der Waals surface area contributed by atoms with Gasteiger partial charge >= 0.3 is 0 Å². The summed E-state index contributed by atoms with van der Waals surface area (Å²) in [6.07, 6.45) is 11.7. The third-order valence-corrected chi connectivity index (χ3v) is 3.32. The van der Waals surface area contributed by atoms with Gasteiger partial charge in [0.15, 0.2) is 0 Å². The second kappa shape index (κ2) is 10.4. The van der Waals surface area contributed by atoms with Crippen LogP contribution in [0.5, 0.6) is 0 Å². The average molecular weight is 252 g/mol. The molecule has 0 saturated carbocycles. The van der Waals surface area contributed by atoms with Crippen molar-refractivity contribution in [2.45, 2.75) is 60.3 Å². The van der Waals surface area contributed by atoms with Gasteiger partial charge in [0, 0.05) is 0 Å². The molecular weight excluding hydrogens is 220 g/mol. The molecule has 2 unspecified atom stereocenters. The lowest BCUT2D eigenvalue weighted by Crippen LogP contribution is -2.02. The van der Waals surface area contributed by atoms with E-state index in [0.717, 1.165) is 17.4 Å². The zero-order valence-electron chi connectivity index (χ0n) is 12.9. The van der Waals surface area contributed by atoms with Gasteiger partial charge in [-0.2, -0.15) is 0 Å². The maximum absolute atomic E-state index is 8.89. The van der Waals surface area contributed by atoms with Gasteiger partial charge in [0.1, 0.15) is 0 Å². The van der Waals surface area contributed by atoms with Crippen molar-refractivity contribution >= 4 is 0 Å². The summed E-state index contributed by atoms with van der Waals surface area (Å²) in [5, 5.41) is 8.89. The van der Waals surface area contributed by atoms with E-state index in [1.165, 1.54) is 25.7 Å². The van der Waals surface area contributed by atoms with Gasteiger partial charge in [-0.15, -0.1) is 0 Å². The molecule has 0 radical (unpaired) electrons. The summed E-state index contributed by atoms with van der Waals surface area (Å²) in [4.78, 5) is 0. The highest BCUT2D eigenvalue weighted by molar-refractivity contribution is 5.11. The Balaban J connectivity index is 3.82. The molecule has 2 atom stereocenters. The van der Waals surface area contributed by atoms with E-state index in [2.05, 4.69) is 39.8 Å². The number of aliphatic hydroxyl groups is 1. The van der Waals surface area contributed by atoms with Gasteiger partial charge in [0.25, 0.3) is 0 Å². The smallest absolute Gasteiger partial charge is 0.0642 e. The predicted molar refractivity (Wildman–Crippen MR) is 81.6 cm³/mol. The lowest BCUT2D eigenvalue weighted by atomic mass is 9.91. The van der Waals surface area contributed by atoms with Crippen LogP contribution < -0.4 is 0 Å². The van der Waals surface area contributed by atoms with Gasteiger partial charge in [-0.3, -0.25) is 0 Å². The highest BCUT2D eigenvalue weighted by atomic mass is 16.3. The molecular formula is C17H32O. The summed E-state index contributed by atoms with van der Waals surface area (Å²) in [7, 11) is 0. The van der Waals surface area contributed by atoms with Crippen LogP contribution in [-0.2, 0) is 0 Å². The van der Waals surface area contributed by atoms with Crippen LogP contribution in [0.15, 0.2) is 23.8 Å². The van der Waals surface area contributed by atoms with Gasteiger partial charge in [-0.1, -0.05) is 65.2 Å². The first-order chi connectivity index (χ1) is 8.45. The first-order valence-corrected chi connectivity index (χ1v) is 7.40. The Labute approximate surface area is 114 Å². The van der Waals surface area contributed by atoms with Gasteiger partial charge in [0.2, 0.25) is 0 Å². The van der Waals surface area contributed by atoms with Gasteiger partial charge < -0.3 is 5.11 Å². The van der Waals surface area contributed by atoms with Gasteiger partial charge in [-0.05, 0) is 36.7 Å². The van der Waals surface area contributed by atoms with Gasteiger partial charge in [-0.25, -0.2) is 0 Å². The lowest BCUT2D eigenvalue weighted by molar-refractivity contribution is 0.331. The Bertz CT molecular complexity index is 250. The first kappa shape index (κ1) is 17.4. The standard InChI is InChI=1S/C17H32O/c1-14(2)8-6-9-15(3)12-16(4)10-7-11-17(5)13-18/h7,10-11,14-16,18H,6,8-9,12-13H2,1-5H3/b10-7+,17-11+. The van der Waals surface area contributed by atoms with Gasteiger partial charge in [0.05, 0.1) is 6.61 Å². The van der Waals surface area contributed by atoms with E-state index in [9.17, 15) is 0 Å². The number of aliphatic hydroxyl groups excluding tert-OH is 1. The maximum Gasteiger partial charge on any atom is 0.0642 e. The minimum Gasteiger partial charge on any atom is -0.392 e. The molecule has 0 aromatic rings. The van der Waals surface area contributed by atoms with E-state index in [1.807, 2.05) is 13.0 Å². The molecule has 0 aromatic heterocycles. The van der Waals surface area contributed by atoms with Crippen molar-refractivity contribution < 1.29 is 5.11 Å². The Kier molecular flexibility index (Phi) is 10.0. The van der Waals surface area contributed by atoms with E-state index in [1.54, 1.807) is 0 Å². The molecule has 0 heterocycles. The first-order valence-electron chi connectivity index (χ1n) is 7.40. The van der Waals surface area contributed by atoms with Crippen molar-refractivity contribution in [1.82, 2.24) is 0 Å². The molecule has 18 heavy (non-hydrogen) atoms. The summed E-state index contributed by atoms with van der Waals surface area (Å²) in [6, 6.07) is 0. The SMILES string of the molecule is C/C(=C\C=C\C(C)CC(C)CCCC(C)C)CO. The summed E-state index contributed by atoms with van der Waals surface area (Å²) in [5.74, 6) is 2.27.